The van der Waals surface area contributed by atoms with Crippen LogP contribution in [0.3, 0.4) is 0 Å². The third-order valence-electron chi connectivity index (χ3n) is 8.44. The number of benzene rings is 2. The van der Waals surface area contributed by atoms with Crippen molar-refractivity contribution < 1.29 is 32.7 Å². The number of aromatic nitrogens is 1. The largest absolute Gasteiger partial charge is 0.461 e. The van der Waals surface area contributed by atoms with Crippen LogP contribution < -0.4 is 10.6 Å². The molecule has 0 fully saturated rings. The summed E-state index contributed by atoms with van der Waals surface area (Å²) in [5, 5.41) is 6.03. The van der Waals surface area contributed by atoms with Crippen molar-refractivity contribution in [3.8, 4) is 0 Å². The van der Waals surface area contributed by atoms with Gasteiger partial charge in [-0.25, -0.2) is 8.78 Å². The highest BCUT2D eigenvalue weighted by molar-refractivity contribution is 5.93. The minimum atomic E-state index is -1.33. The van der Waals surface area contributed by atoms with Crippen LogP contribution in [0.5, 0.6) is 0 Å². The molecule has 12 heteroatoms. The highest BCUT2D eigenvalue weighted by Gasteiger charge is 2.36. The number of ether oxygens (including phenoxy) is 1. The molecule has 2 atom stereocenters. The first-order chi connectivity index (χ1) is 26.9. The molecule has 1 heterocycles. The molecule has 308 valence electrons. The van der Waals surface area contributed by atoms with Gasteiger partial charge in [0.05, 0.1) is 19.5 Å². The van der Waals surface area contributed by atoms with Gasteiger partial charge in [0.15, 0.2) is 0 Å². The molecule has 0 aliphatic carbocycles. The van der Waals surface area contributed by atoms with E-state index in [-0.39, 0.29) is 62.9 Å². The first-order valence-electron chi connectivity index (χ1n) is 19.6. The maximum atomic E-state index is 14.6. The number of carbonyl (C=O) groups excluding carboxylic acids is 4. The molecule has 0 saturated carbocycles. The number of pyridine rings is 1. The Kier molecular flexibility index (Phi) is 24.9. The summed E-state index contributed by atoms with van der Waals surface area (Å²) in [6.07, 6.45) is 4.91. The van der Waals surface area contributed by atoms with Gasteiger partial charge in [-0.05, 0) is 79.8 Å². The Bertz CT molecular complexity index is 1570. The number of hydrogen-bond donors (Lipinski definition) is 2. The zero-order valence-corrected chi connectivity index (χ0v) is 34.4. The Balaban J connectivity index is 0.00000298. The van der Waals surface area contributed by atoms with Gasteiger partial charge in [-0.1, -0.05) is 91.0 Å². The molecule has 0 radical (unpaired) electrons. The Labute approximate surface area is 333 Å². The fourth-order valence-corrected chi connectivity index (χ4v) is 5.15. The van der Waals surface area contributed by atoms with Crippen LogP contribution in [-0.2, 0) is 43.2 Å². The van der Waals surface area contributed by atoms with Crippen LogP contribution in [0.15, 0.2) is 85.6 Å². The third kappa shape index (κ3) is 19.6. The molecule has 1 unspecified atom stereocenters. The highest BCUT2D eigenvalue weighted by Crippen LogP contribution is 2.15. The molecular weight excluding hydrogens is 717 g/mol. The van der Waals surface area contributed by atoms with Crippen molar-refractivity contribution >= 4 is 23.7 Å². The van der Waals surface area contributed by atoms with Crippen LogP contribution in [0.1, 0.15) is 78.1 Å². The van der Waals surface area contributed by atoms with Gasteiger partial charge >= 0.3 is 5.97 Å². The third-order valence-corrected chi connectivity index (χ3v) is 8.44. The summed E-state index contributed by atoms with van der Waals surface area (Å²) in [6.45, 7) is 17.6. The van der Waals surface area contributed by atoms with Crippen molar-refractivity contribution in [2.24, 2.45) is 5.92 Å². The molecule has 2 N–H and O–H groups in total. The summed E-state index contributed by atoms with van der Waals surface area (Å²) < 4.78 is 32.3. The van der Waals surface area contributed by atoms with Gasteiger partial charge in [0.1, 0.15) is 24.3 Å². The van der Waals surface area contributed by atoms with E-state index in [1.807, 2.05) is 46.8 Å². The summed E-state index contributed by atoms with van der Waals surface area (Å²) in [5.41, 5.74) is 2.28. The van der Waals surface area contributed by atoms with Gasteiger partial charge in [0.2, 0.25) is 17.7 Å². The van der Waals surface area contributed by atoms with Gasteiger partial charge < -0.3 is 25.2 Å². The summed E-state index contributed by atoms with van der Waals surface area (Å²) >= 11 is 0. The quantitative estimate of drug-likeness (QED) is 0.0700. The number of nitrogens with zero attached hydrogens (tertiary/aromatic N) is 3. The average molecular weight is 780 g/mol. The molecule has 2 aromatic carbocycles. The van der Waals surface area contributed by atoms with Crippen molar-refractivity contribution in [2.45, 2.75) is 92.7 Å². The van der Waals surface area contributed by atoms with Crippen molar-refractivity contribution in [3.63, 3.8) is 0 Å². The SMILES string of the molecule is C=CCOC(=O)CC(C(=O)N(CCc1ccccn1)CC(=O)N[C@@H](C)C(C)C)N(CCc1ccc(F)cc1)C(=O)CNCCc1ccc(F)cc1.CC.CCC. The van der Waals surface area contributed by atoms with Gasteiger partial charge in [0, 0.05) is 37.4 Å². The number of halogens is 2. The van der Waals surface area contributed by atoms with Crippen molar-refractivity contribution in [3.05, 3.63) is 114 Å². The molecule has 0 bridgehead atoms. The molecule has 56 heavy (non-hydrogen) atoms. The number of rotatable bonds is 21. The molecule has 1 aromatic heterocycles. The predicted molar refractivity (Wildman–Crippen MR) is 219 cm³/mol. The lowest BCUT2D eigenvalue weighted by Gasteiger charge is -2.35. The first-order valence-corrected chi connectivity index (χ1v) is 19.6. The van der Waals surface area contributed by atoms with Crippen molar-refractivity contribution in [2.75, 3.05) is 39.3 Å². The second-order valence-corrected chi connectivity index (χ2v) is 13.3. The lowest BCUT2D eigenvalue weighted by Crippen LogP contribution is -2.56. The Morgan fingerprint density at radius 3 is 1.98 bits per heavy atom. The second kappa shape index (κ2) is 28.4. The summed E-state index contributed by atoms with van der Waals surface area (Å²) in [5.74, 6) is -2.79. The topological polar surface area (TPSA) is 121 Å². The second-order valence-electron chi connectivity index (χ2n) is 13.3. The first kappa shape index (κ1) is 49.0. The Morgan fingerprint density at radius 1 is 0.857 bits per heavy atom. The summed E-state index contributed by atoms with van der Waals surface area (Å²) in [6, 6.07) is 15.8. The Morgan fingerprint density at radius 2 is 1.45 bits per heavy atom. The van der Waals surface area contributed by atoms with Crippen LogP contribution in [-0.4, -0.2) is 89.9 Å². The van der Waals surface area contributed by atoms with Crippen molar-refractivity contribution in [1.29, 1.82) is 0 Å². The molecule has 0 aliphatic rings. The van der Waals surface area contributed by atoms with E-state index in [1.54, 1.807) is 36.5 Å². The van der Waals surface area contributed by atoms with Crippen LogP contribution in [0.25, 0.3) is 0 Å². The normalized spacial score (nSPS) is 11.5. The molecule has 0 saturated heterocycles. The smallest absolute Gasteiger partial charge is 0.308 e. The summed E-state index contributed by atoms with van der Waals surface area (Å²) in [7, 11) is 0. The van der Waals surface area contributed by atoms with Crippen molar-refractivity contribution in [1.82, 2.24) is 25.4 Å². The van der Waals surface area contributed by atoms with Gasteiger partial charge in [-0.3, -0.25) is 24.2 Å². The molecule has 3 aromatic rings. The minimum Gasteiger partial charge on any atom is -0.461 e. The predicted octanol–water partition coefficient (Wildman–Crippen LogP) is 6.73. The lowest BCUT2D eigenvalue weighted by atomic mass is 10.1. The molecule has 0 spiro atoms. The number of amides is 3. The standard InChI is InChI=1S/C39H49F2N5O5.C3H8.C2H6/c1-5-24-51-38(49)25-35(39(50)45(22-19-34-8-6-7-20-43-34)27-36(47)44-29(4)28(2)3)46(23-18-31-11-15-33(41)16-12-31)37(48)26-42-21-17-30-9-13-32(40)14-10-30;1-3-2;1-2/h5-16,20,28-29,35,42H,1,17-19,21-27H2,2-4H3,(H,44,47);3H2,1-2H3;1-2H3/t29-,35?;;/m0../s1. The van der Waals surface area contributed by atoms with E-state index in [1.165, 1.54) is 46.6 Å². The minimum absolute atomic E-state index is 0.0138. The van der Waals surface area contributed by atoms with Crippen LogP contribution >= 0.6 is 0 Å². The molecular formula is C44H63F2N5O5. The van der Waals surface area contributed by atoms with E-state index >= 15 is 0 Å². The number of carbonyl (C=O) groups is 4. The van der Waals surface area contributed by atoms with E-state index in [0.29, 0.717) is 30.6 Å². The monoisotopic (exact) mass is 779 g/mol. The van der Waals surface area contributed by atoms with Gasteiger partial charge in [-0.2, -0.15) is 0 Å². The Hall–Kier alpha value is -4.97. The molecule has 3 rings (SSSR count). The van der Waals surface area contributed by atoms with Crippen LogP contribution in [0.2, 0.25) is 0 Å². The zero-order valence-electron chi connectivity index (χ0n) is 34.4. The molecule has 10 nitrogen and oxygen atoms in total. The molecule has 3 amide bonds. The van der Waals surface area contributed by atoms with Gasteiger partial charge in [0.25, 0.3) is 0 Å². The number of nitrogens with one attached hydrogen (secondary N) is 2. The van der Waals surface area contributed by atoms with Crippen LogP contribution in [0.4, 0.5) is 8.78 Å². The summed E-state index contributed by atoms with van der Waals surface area (Å²) in [4.78, 5) is 61.9. The molecule has 0 aliphatic heterocycles. The highest BCUT2D eigenvalue weighted by atomic mass is 19.1. The van der Waals surface area contributed by atoms with Gasteiger partial charge in [-0.15, -0.1) is 0 Å². The zero-order chi connectivity index (χ0) is 41.9. The fourth-order valence-electron chi connectivity index (χ4n) is 5.15. The fraction of sp³-hybridized carbons (Fsp3) is 0.477. The van der Waals surface area contributed by atoms with E-state index < -0.39 is 36.1 Å². The maximum absolute atomic E-state index is 14.6. The van der Waals surface area contributed by atoms with E-state index in [4.69, 9.17) is 4.74 Å². The number of hydrogen-bond acceptors (Lipinski definition) is 7. The van der Waals surface area contributed by atoms with Crippen LogP contribution in [0, 0.1) is 17.6 Å². The maximum Gasteiger partial charge on any atom is 0.308 e. The lowest BCUT2D eigenvalue weighted by molar-refractivity contribution is -0.153. The van der Waals surface area contributed by atoms with E-state index in [9.17, 15) is 28.0 Å². The van der Waals surface area contributed by atoms with E-state index in [2.05, 4.69) is 36.0 Å². The number of esters is 1. The average Bonchev–Trinajstić information content (AvgIpc) is 3.19. The van der Waals surface area contributed by atoms with E-state index in [0.717, 1.165) is 5.56 Å².